The van der Waals surface area contributed by atoms with Crippen LogP contribution in [0, 0.1) is 0 Å². The minimum atomic E-state index is -3.93. The molecule has 3 heterocycles. The van der Waals surface area contributed by atoms with Gasteiger partial charge in [0.15, 0.2) is 0 Å². The minimum absolute atomic E-state index is 0.0574. The van der Waals surface area contributed by atoms with Gasteiger partial charge in [-0.2, -0.15) is 5.10 Å². The first-order valence-electron chi connectivity index (χ1n) is 11.5. The zero-order valence-electron chi connectivity index (χ0n) is 19.7. The molecule has 2 N–H and O–H groups in total. The molecule has 0 bridgehead atoms. The highest BCUT2D eigenvalue weighted by Gasteiger charge is 2.31. The van der Waals surface area contributed by atoms with Crippen LogP contribution in [0.3, 0.4) is 0 Å². The van der Waals surface area contributed by atoms with Crippen LogP contribution in [0.2, 0.25) is 0 Å². The van der Waals surface area contributed by atoms with Crippen LogP contribution in [0.15, 0.2) is 101 Å². The van der Waals surface area contributed by atoms with E-state index in [1.807, 2.05) is 36.5 Å². The van der Waals surface area contributed by atoms with E-state index >= 15 is 0 Å². The number of amides is 2. The lowest BCUT2D eigenvalue weighted by Gasteiger charge is -2.10. The average Bonchev–Trinajstić information content (AvgIpc) is 3.63. The summed E-state index contributed by atoms with van der Waals surface area (Å²) >= 11 is 1.46. The Kier molecular flexibility index (Phi) is 5.86. The quantitative estimate of drug-likeness (QED) is 0.342. The van der Waals surface area contributed by atoms with Gasteiger partial charge in [-0.15, -0.1) is 11.3 Å². The van der Waals surface area contributed by atoms with E-state index in [1.165, 1.54) is 41.7 Å². The smallest absolute Gasteiger partial charge is 0.257 e. The largest absolute Gasteiger partial charge is 0.347 e. The summed E-state index contributed by atoms with van der Waals surface area (Å²) in [5.74, 6) is -0.949. The third kappa shape index (κ3) is 4.27. The van der Waals surface area contributed by atoms with Crippen molar-refractivity contribution >= 4 is 38.7 Å². The van der Waals surface area contributed by atoms with Crippen molar-refractivity contribution in [3.8, 4) is 16.3 Å². The molecule has 0 fully saturated rings. The van der Waals surface area contributed by atoms with Crippen LogP contribution in [-0.2, 0) is 16.4 Å². The lowest BCUT2D eigenvalue weighted by atomic mass is 10.1. The zero-order valence-corrected chi connectivity index (χ0v) is 21.3. The highest BCUT2D eigenvalue weighted by atomic mass is 32.2. The van der Waals surface area contributed by atoms with Crippen molar-refractivity contribution in [1.29, 1.82) is 0 Å². The minimum Gasteiger partial charge on any atom is -0.347 e. The van der Waals surface area contributed by atoms with Gasteiger partial charge in [-0.25, -0.2) is 18.1 Å². The lowest BCUT2D eigenvalue weighted by molar-refractivity contribution is 0.0949. The Labute approximate surface area is 221 Å². The lowest BCUT2D eigenvalue weighted by Crippen LogP contribution is -2.22. The summed E-state index contributed by atoms with van der Waals surface area (Å²) in [4.78, 5) is 30.7. The SMILES string of the molecule is O=C(NCc1cnc(-c2ccc(-n3cccn3)cc2)s1)c1ccc2c(c1)NC(=O)c1ccccc1S2(=O)=O. The van der Waals surface area contributed by atoms with Gasteiger partial charge < -0.3 is 10.6 Å². The van der Waals surface area contributed by atoms with E-state index < -0.39 is 21.7 Å². The van der Waals surface area contributed by atoms with E-state index in [0.717, 1.165) is 21.1 Å². The van der Waals surface area contributed by atoms with Crippen LogP contribution >= 0.6 is 11.3 Å². The second-order valence-corrected chi connectivity index (χ2v) is 11.5. The van der Waals surface area contributed by atoms with Crippen molar-refractivity contribution in [3.63, 3.8) is 0 Å². The molecule has 9 nitrogen and oxygen atoms in total. The molecule has 0 radical (unpaired) electrons. The van der Waals surface area contributed by atoms with Crippen LogP contribution in [0.1, 0.15) is 25.6 Å². The van der Waals surface area contributed by atoms with Gasteiger partial charge in [0, 0.05) is 34.6 Å². The summed E-state index contributed by atoms with van der Waals surface area (Å²) in [6, 6.07) is 19.9. The van der Waals surface area contributed by atoms with Gasteiger partial charge in [-0.3, -0.25) is 9.59 Å². The Morgan fingerprint density at radius 1 is 1.00 bits per heavy atom. The number of thiazole rings is 1. The summed E-state index contributed by atoms with van der Waals surface area (Å²) < 4.78 is 28.1. The van der Waals surface area contributed by atoms with Crippen LogP contribution < -0.4 is 10.6 Å². The molecule has 0 aliphatic carbocycles. The predicted octanol–water partition coefficient (Wildman–Crippen LogP) is 4.32. The number of rotatable bonds is 5. The standard InChI is InChI=1S/C27H19N5O4S2/c33-25(18-8-11-24-22(14-18)31-26(34)21-4-1-2-5-23(21)38(24,35)36)28-15-20-16-29-27(37-20)17-6-9-19(10-7-17)32-13-3-12-30-32/h1-14,16H,15H2,(H,28,33)(H,31,34). The molecule has 188 valence electrons. The molecule has 0 atom stereocenters. The maximum absolute atomic E-state index is 13.1. The van der Waals surface area contributed by atoms with Crippen molar-refractivity contribution in [2.45, 2.75) is 16.3 Å². The van der Waals surface area contributed by atoms with E-state index in [0.29, 0.717) is 0 Å². The third-order valence-electron chi connectivity index (χ3n) is 6.06. The summed E-state index contributed by atoms with van der Waals surface area (Å²) in [5, 5.41) is 10.5. The van der Waals surface area contributed by atoms with Gasteiger partial charge >= 0.3 is 0 Å². The molecule has 2 amide bonds. The monoisotopic (exact) mass is 541 g/mol. The first-order chi connectivity index (χ1) is 18.4. The number of benzene rings is 3. The third-order valence-corrected chi connectivity index (χ3v) is 8.98. The molecule has 11 heteroatoms. The van der Waals surface area contributed by atoms with Crippen molar-refractivity contribution in [1.82, 2.24) is 20.1 Å². The van der Waals surface area contributed by atoms with Gasteiger partial charge in [0.05, 0.1) is 33.3 Å². The highest BCUT2D eigenvalue weighted by molar-refractivity contribution is 7.91. The summed E-state index contributed by atoms with van der Waals surface area (Å²) in [6.07, 6.45) is 5.30. The van der Waals surface area contributed by atoms with Crippen LogP contribution in [0.5, 0.6) is 0 Å². The number of anilines is 1. The number of nitrogens with zero attached hydrogens (tertiary/aromatic N) is 3. The van der Waals surface area contributed by atoms with Crippen molar-refractivity contribution in [2.75, 3.05) is 5.32 Å². The number of fused-ring (bicyclic) bond motifs is 2. The van der Waals surface area contributed by atoms with E-state index in [4.69, 9.17) is 0 Å². The Hall–Kier alpha value is -4.61. The van der Waals surface area contributed by atoms with E-state index in [2.05, 4.69) is 20.7 Å². The van der Waals surface area contributed by atoms with Gasteiger partial charge in [-0.1, -0.05) is 12.1 Å². The molecule has 1 aliphatic rings. The highest BCUT2D eigenvalue weighted by Crippen LogP contribution is 2.34. The molecule has 0 saturated heterocycles. The van der Waals surface area contributed by atoms with Gasteiger partial charge in [0.1, 0.15) is 5.01 Å². The first kappa shape index (κ1) is 23.8. The predicted molar refractivity (Wildman–Crippen MR) is 142 cm³/mol. The van der Waals surface area contributed by atoms with Gasteiger partial charge in [0.2, 0.25) is 9.84 Å². The number of aromatic nitrogens is 3. The number of nitrogens with one attached hydrogen (secondary N) is 2. The summed E-state index contributed by atoms with van der Waals surface area (Å²) in [6.45, 7) is 0.245. The average molecular weight is 542 g/mol. The normalized spacial score (nSPS) is 13.6. The van der Waals surface area contributed by atoms with Crippen LogP contribution in [-0.4, -0.2) is 35.0 Å². The molecule has 2 aromatic heterocycles. The Balaban J connectivity index is 1.17. The molecule has 38 heavy (non-hydrogen) atoms. The second-order valence-electron chi connectivity index (χ2n) is 8.48. The number of sulfone groups is 1. The number of carbonyl (C=O) groups excluding carboxylic acids is 2. The summed E-state index contributed by atoms with van der Waals surface area (Å²) in [5.41, 5.74) is 2.25. The Morgan fingerprint density at radius 3 is 2.61 bits per heavy atom. The molecular weight excluding hydrogens is 522 g/mol. The van der Waals surface area contributed by atoms with Crippen molar-refractivity contribution < 1.29 is 18.0 Å². The molecule has 0 unspecified atom stereocenters. The Bertz CT molecular complexity index is 1790. The van der Waals surface area contributed by atoms with Crippen LogP contribution in [0.4, 0.5) is 5.69 Å². The molecule has 3 aromatic carbocycles. The molecule has 0 saturated carbocycles. The molecule has 5 aromatic rings. The number of hydrogen-bond donors (Lipinski definition) is 2. The van der Waals surface area contributed by atoms with Crippen molar-refractivity contribution in [2.24, 2.45) is 0 Å². The topological polar surface area (TPSA) is 123 Å². The maximum Gasteiger partial charge on any atom is 0.257 e. The van der Waals surface area contributed by atoms with Crippen LogP contribution in [0.25, 0.3) is 16.3 Å². The fraction of sp³-hybridized carbons (Fsp3) is 0.0370. The van der Waals surface area contributed by atoms with E-state index in [9.17, 15) is 18.0 Å². The van der Waals surface area contributed by atoms with E-state index in [-0.39, 0.29) is 33.2 Å². The van der Waals surface area contributed by atoms with Crippen molar-refractivity contribution in [3.05, 3.63) is 107 Å². The molecular formula is C27H19N5O4S2. The number of carbonyl (C=O) groups is 2. The second kappa shape index (κ2) is 9.36. The maximum atomic E-state index is 13.1. The van der Waals surface area contributed by atoms with E-state index in [1.54, 1.807) is 29.2 Å². The summed E-state index contributed by atoms with van der Waals surface area (Å²) in [7, 11) is -3.93. The zero-order chi connectivity index (χ0) is 26.3. The fourth-order valence-electron chi connectivity index (χ4n) is 4.17. The van der Waals surface area contributed by atoms with Gasteiger partial charge in [-0.05, 0) is 60.7 Å². The molecule has 1 aliphatic heterocycles. The van der Waals surface area contributed by atoms with Gasteiger partial charge in [0.25, 0.3) is 11.8 Å². The number of hydrogen-bond acceptors (Lipinski definition) is 7. The first-order valence-corrected chi connectivity index (χ1v) is 13.8. The molecule has 0 spiro atoms. The molecule has 6 rings (SSSR count). The Morgan fingerprint density at radius 2 is 1.82 bits per heavy atom. The fourth-order valence-corrected chi connectivity index (χ4v) is 6.62.